The van der Waals surface area contributed by atoms with E-state index in [0.29, 0.717) is 10.9 Å². The van der Waals surface area contributed by atoms with Crippen LogP contribution in [0.1, 0.15) is 37.8 Å². The van der Waals surface area contributed by atoms with Gasteiger partial charge < -0.3 is 10.8 Å². The lowest BCUT2D eigenvalue weighted by Crippen LogP contribution is -2.38. The average Bonchev–Trinajstić information content (AvgIpc) is 2.59. The summed E-state index contributed by atoms with van der Waals surface area (Å²) in [4.78, 5) is 0. The van der Waals surface area contributed by atoms with Crippen LogP contribution >= 0.6 is 11.6 Å². The van der Waals surface area contributed by atoms with Crippen molar-refractivity contribution in [2.24, 2.45) is 11.7 Å². The molecule has 3 N–H and O–H groups in total. The highest BCUT2D eigenvalue weighted by Gasteiger charge is 2.41. The Labute approximate surface area is 101 Å². The normalized spacial score (nSPS) is 31.6. The first kappa shape index (κ1) is 11.9. The van der Waals surface area contributed by atoms with Crippen molar-refractivity contribution in [1.82, 2.24) is 0 Å². The Hall–Kier alpha value is -0.570. The van der Waals surface area contributed by atoms with Gasteiger partial charge in [0.05, 0.1) is 11.6 Å². The number of hydrogen-bond acceptors (Lipinski definition) is 2. The standard InChI is InChI=1S/C13H18ClNO/c1-9-5-6-13(16,8-9)12(15)10-3-2-4-11(14)7-10/h2-4,7,9,12,16H,5-6,8,15H2,1H3. The van der Waals surface area contributed by atoms with Gasteiger partial charge in [-0.05, 0) is 42.9 Å². The molecule has 0 spiro atoms. The molecule has 2 rings (SSSR count). The van der Waals surface area contributed by atoms with Crippen LogP contribution in [0.25, 0.3) is 0 Å². The molecule has 0 amide bonds. The molecule has 0 aliphatic heterocycles. The van der Waals surface area contributed by atoms with E-state index in [1.165, 1.54) is 0 Å². The molecule has 1 aliphatic carbocycles. The van der Waals surface area contributed by atoms with Crippen LogP contribution in [0.3, 0.4) is 0 Å². The fraction of sp³-hybridized carbons (Fsp3) is 0.538. The van der Waals surface area contributed by atoms with Gasteiger partial charge in [-0.2, -0.15) is 0 Å². The summed E-state index contributed by atoms with van der Waals surface area (Å²) < 4.78 is 0. The van der Waals surface area contributed by atoms with Gasteiger partial charge in [-0.1, -0.05) is 30.7 Å². The third-order valence-corrected chi connectivity index (χ3v) is 3.79. The molecule has 0 saturated heterocycles. The molecule has 88 valence electrons. The molecule has 1 saturated carbocycles. The summed E-state index contributed by atoms with van der Waals surface area (Å²) in [6.45, 7) is 2.16. The lowest BCUT2D eigenvalue weighted by atomic mass is 9.87. The van der Waals surface area contributed by atoms with E-state index in [2.05, 4.69) is 6.92 Å². The molecule has 3 unspecified atom stereocenters. The molecule has 0 bridgehead atoms. The van der Waals surface area contributed by atoms with Gasteiger partial charge in [-0.25, -0.2) is 0 Å². The second-order valence-electron chi connectivity index (χ2n) is 4.98. The lowest BCUT2D eigenvalue weighted by Gasteiger charge is -2.30. The maximum absolute atomic E-state index is 10.5. The number of hydrogen-bond donors (Lipinski definition) is 2. The summed E-state index contributed by atoms with van der Waals surface area (Å²) in [7, 11) is 0. The molecule has 3 heteroatoms. The number of benzene rings is 1. The molecule has 0 radical (unpaired) electrons. The molecule has 2 nitrogen and oxygen atoms in total. The van der Waals surface area contributed by atoms with Crippen LogP contribution in [0.2, 0.25) is 5.02 Å². The zero-order valence-corrected chi connectivity index (χ0v) is 10.2. The SMILES string of the molecule is CC1CCC(O)(C(N)c2cccc(Cl)c2)C1. The minimum absolute atomic E-state index is 0.337. The van der Waals surface area contributed by atoms with Crippen molar-refractivity contribution in [3.8, 4) is 0 Å². The quantitative estimate of drug-likeness (QED) is 0.834. The minimum atomic E-state index is -0.760. The largest absolute Gasteiger partial charge is 0.388 e. The van der Waals surface area contributed by atoms with Crippen molar-refractivity contribution in [3.05, 3.63) is 34.9 Å². The van der Waals surface area contributed by atoms with Crippen LogP contribution in [-0.2, 0) is 0 Å². The van der Waals surface area contributed by atoms with Crippen LogP contribution in [0.5, 0.6) is 0 Å². The molecule has 1 aromatic rings. The smallest absolute Gasteiger partial charge is 0.0842 e. The fourth-order valence-corrected chi connectivity index (χ4v) is 2.80. The third-order valence-electron chi connectivity index (χ3n) is 3.56. The van der Waals surface area contributed by atoms with Crippen LogP contribution in [0.15, 0.2) is 24.3 Å². The first-order chi connectivity index (χ1) is 7.51. The predicted octanol–water partition coefficient (Wildman–Crippen LogP) is 2.89. The molecular weight excluding hydrogens is 222 g/mol. The molecule has 1 aromatic carbocycles. The Morgan fingerprint density at radius 2 is 2.31 bits per heavy atom. The summed E-state index contributed by atoms with van der Waals surface area (Å²) in [6.07, 6.45) is 2.60. The Bertz CT molecular complexity index is 382. The zero-order valence-electron chi connectivity index (χ0n) is 9.49. The first-order valence-corrected chi connectivity index (χ1v) is 6.12. The predicted molar refractivity (Wildman–Crippen MR) is 66.3 cm³/mol. The Kier molecular flexibility index (Phi) is 3.24. The van der Waals surface area contributed by atoms with Crippen molar-refractivity contribution in [3.63, 3.8) is 0 Å². The highest BCUT2D eigenvalue weighted by Crippen LogP contribution is 2.41. The number of nitrogens with two attached hydrogens (primary N) is 1. The van der Waals surface area contributed by atoms with E-state index in [1.807, 2.05) is 24.3 Å². The lowest BCUT2D eigenvalue weighted by molar-refractivity contribution is 0.0170. The van der Waals surface area contributed by atoms with E-state index in [9.17, 15) is 5.11 Å². The van der Waals surface area contributed by atoms with E-state index < -0.39 is 5.60 Å². The second-order valence-corrected chi connectivity index (χ2v) is 5.42. The highest BCUT2D eigenvalue weighted by molar-refractivity contribution is 6.30. The van der Waals surface area contributed by atoms with Crippen molar-refractivity contribution < 1.29 is 5.11 Å². The molecule has 1 aliphatic rings. The monoisotopic (exact) mass is 239 g/mol. The van der Waals surface area contributed by atoms with Gasteiger partial charge in [0.25, 0.3) is 0 Å². The molecule has 3 atom stereocenters. The van der Waals surface area contributed by atoms with Gasteiger partial charge >= 0.3 is 0 Å². The van der Waals surface area contributed by atoms with Gasteiger partial charge in [0.1, 0.15) is 0 Å². The van der Waals surface area contributed by atoms with Crippen molar-refractivity contribution in [2.45, 2.75) is 37.8 Å². The first-order valence-electron chi connectivity index (χ1n) is 5.75. The van der Waals surface area contributed by atoms with Gasteiger partial charge in [0, 0.05) is 5.02 Å². The van der Waals surface area contributed by atoms with Crippen molar-refractivity contribution >= 4 is 11.6 Å². The second kappa shape index (κ2) is 4.36. The zero-order chi connectivity index (χ0) is 11.8. The number of aliphatic hydroxyl groups is 1. The molecule has 1 fully saturated rings. The van der Waals surface area contributed by atoms with Gasteiger partial charge in [-0.15, -0.1) is 0 Å². The fourth-order valence-electron chi connectivity index (χ4n) is 2.60. The van der Waals surface area contributed by atoms with Crippen molar-refractivity contribution in [2.75, 3.05) is 0 Å². The van der Waals surface area contributed by atoms with E-state index in [4.69, 9.17) is 17.3 Å². The summed E-state index contributed by atoms with van der Waals surface area (Å²) in [5.41, 5.74) is 6.32. The third kappa shape index (κ3) is 2.24. The van der Waals surface area contributed by atoms with E-state index in [-0.39, 0.29) is 6.04 Å². The van der Waals surface area contributed by atoms with Crippen LogP contribution < -0.4 is 5.73 Å². The maximum atomic E-state index is 10.5. The summed E-state index contributed by atoms with van der Waals surface area (Å²) >= 11 is 5.93. The van der Waals surface area contributed by atoms with Crippen LogP contribution in [-0.4, -0.2) is 10.7 Å². The summed E-state index contributed by atoms with van der Waals surface area (Å²) in [5.74, 6) is 0.551. The summed E-state index contributed by atoms with van der Waals surface area (Å²) in [5, 5.41) is 11.2. The maximum Gasteiger partial charge on any atom is 0.0842 e. The Morgan fingerprint density at radius 1 is 1.56 bits per heavy atom. The topological polar surface area (TPSA) is 46.2 Å². The van der Waals surface area contributed by atoms with E-state index >= 15 is 0 Å². The van der Waals surface area contributed by atoms with Gasteiger partial charge in [0.15, 0.2) is 0 Å². The average molecular weight is 240 g/mol. The molecule has 0 heterocycles. The minimum Gasteiger partial charge on any atom is -0.388 e. The van der Waals surface area contributed by atoms with Gasteiger partial charge in [-0.3, -0.25) is 0 Å². The number of halogens is 1. The number of rotatable bonds is 2. The Morgan fingerprint density at radius 3 is 2.88 bits per heavy atom. The van der Waals surface area contributed by atoms with Crippen molar-refractivity contribution in [1.29, 1.82) is 0 Å². The Balaban J connectivity index is 2.22. The highest BCUT2D eigenvalue weighted by atomic mass is 35.5. The summed E-state index contributed by atoms with van der Waals surface area (Å²) in [6, 6.07) is 7.12. The van der Waals surface area contributed by atoms with Crippen LogP contribution in [0.4, 0.5) is 0 Å². The molecule has 0 aromatic heterocycles. The van der Waals surface area contributed by atoms with Crippen LogP contribution in [0, 0.1) is 5.92 Å². The van der Waals surface area contributed by atoms with Gasteiger partial charge in [0.2, 0.25) is 0 Å². The van der Waals surface area contributed by atoms with E-state index in [1.54, 1.807) is 0 Å². The van der Waals surface area contributed by atoms with E-state index in [0.717, 1.165) is 24.8 Å². The molecule has 16 heavy (non-hydrogen) atoms. The molecular formula is C13H18ClNO.